The molecule has 3 atom stereocenters. The minimum absolute atomic E-state index is 0.0327. The first-order chi connectivity index (χ1) is 11.9. The highest BCUT2D eigenvalue weighted by Crippen LogP contribution is 2.27. The first-order valence-electron chi connectivity index (χ1n) is 9.38. The summed E-state index contributed by atoms with van der Waals surface area (Å²) in [6, 6.07) is 10.2. The van der Waals surface area contributed by atoms with Crippen LogP contribution >= 0.6 is 0 Å². The molecule has 2 fully saturated rings. The average molecular weight is 346 g/mol. The second-order valence-electron chi connectivity index (χ2n) is 7.99. The van der Waals surface area contributed by atoms with Gasteiger partial charge >= 0.3 is 0 Å². The molecule has 138 valence electrons. The van der Waals surface area contributed by atoms with Crippen LogP contribution in [-0.2, 0) is 11.3 Å². The monoisotopic (exact) mass is 346 g/mol. The molecule has 0 bridgehead atoms. The Bertz CT molecular complexity index is 570. The number of carbonyl (C=O) groups excluding carboxylic acids is 1. The van der Waals surface area contributed by atoms with Gasteiger partial charge in [-0.25, -0.2) is 0 Å². The number of nitrogens with zero attached hydrogens (tertiary/aromatic N) is 2. The molecule has 25 heavy (non-hydrogen) atoms. The zero-order valence-electron chi connectivity index (χ0n) is 15.1. The topological polar surface area (TPSA) is 64.0 Å². The summed E-state index contributed by atoms with van der Waals surface area (Å²) in [5, 5.41) is 20.9. The van der Waals surface area contributed by atoms with Gasteiger partial charge in [0.2, 0.25) is 5.91 Å². The number of likely N-dealkylation sites (tertiary alicyclic amines) is 2. The van der Waals surface area contributed by atoms with Crippen molar-refractivity contribution < 1.29 is 15.0 Å². The summed E-state index contributed by atoms with van der Waals surface area (Å²) in [7, 11) is 0. The molecule has 1 aromatic carbocycles. The van der Waals surface area contributed by atoms with E-state index in [2.05, 4.69) is 24.0 Å². The predicted molar refractivity (Wildman–Crippen MR) is 96.9 cm³/mol. The number of aliphatic hydroxyl groups is 2. The summed E-state index contributed by atoms with van der Waals surface area (Å²) in [4.78, 5) is 16.6. The molecule has 1 aromatic rings. The first kappa shape index (κ1) is 18.4. The highest BCUT2D eigenvalue weighted by atomic mass is 16.3. The molecule has 0 aromatic heterocycles. The van der Waals surface area contributed by atoms with Crippen molar-refractivity contribution in [3.63, 3.8) is 0 Å². The van der Waals surface area contributed by atoms with Gasteiger partial charge in [-0.05, 0) is 37.3 Å². The van der Waals surface area contributed by atoms with E-state index in [1.807, 2.05) is 18.2 Å². The molecule has 2 aliphatic heterocycles. The molecular formula is C20H30N2O3. The van der Waals surface area contributed by atoms with Crippen LogP contribution in [0.25, 0.3) is 0 Å². The van der Waals surface area contributed by atoms with E-state index in [0.717, 1.165) is 25.9 Å². The van der Waals surface area contributed by atoms with Crippen LogP contribution in [0.2, 0.25) is 0 Å². The zero-order chi connectivity index (χ0) is 17.9. The van der Waals surface area contributed by atoms with Crippen molar-refractivity contribution in [1.82, 2.24) is 9.80 Å². The molecular weight excluding hydrogens is 316 g/mol. The molecule has 2 saturated heterocycles. The third-order valence-corrected chi connectivity index (χ3v) is 5.35. The summed E-state index contributed by atoms with van der Waals surface area (Å²) in [5.74, 6) is 0.276. The van der Waals surface area contributed by atoms with Crippen LogP contribution in [-0.4, -0.2) is 63.8 Å². The van der Waals surface area contributed by atoms with Crippen LogP contribution in [0, 0.1) is 5.92 Å². The average Bonchev–Trinajstić information content (AvgIpc) is 2.54. The smallest absolute Gasteiger partial charge is 0.225 e. The van der Waals surface area contributed by atoms with Gasteiger partial charge in [-0.3, -0.25) is 9.69 Å². The van der Waals surface area contributed by atoms with Gasteiger partial charge in [0.05, 0.1) is 18.1 Å². The summed E-state index contributed by atoms with van der Waals surface area (Å²) >= 11 is 0. The van der Waals surface area contributed by atoms with E-state index < -0.39 is 11.7 Å². The lowest BCUT2D eigenvalue weighted by atomic mass is 9.88. The van der Waals surface area contributed by atoms with Gasteiger partial charge in [0.1, 0.15) is 0 Å². The van der Waals surface area contributed by atoms with Gasteiger partial charge in [-0.1, -0.05) is 37.3 Å². The molecule has 3 rings (SSSR count). The molecule has 5 nitrogen and oxygen atoms in total. The van der Waals surface area contributed by atoms with E-state index >= 15 is 0 Å². The lowest BCUT2D eigenvalue weighted by molar-refractivity contribution is -0.143. The van der Waals surface area contributed by atoms with Gasteiger partial charge in [-0.15, -0.1) is 0 Å². The summed E-state index contributed by atoms with van der Waals surface area (Å²) < 4.78 is 0. The number of β-amino-alcohol motifs (C(OH)–C–C–N with tert-alkyl or cyclic N) is 2. The van der Waals surface area contributed by atoms with Crippen LogP contribution in [0.4, 0.5) is 0 Å². The Morgan fingerprint density at radius 3 is 2.76 bits per heavy atom. The van der Waals surface area contributed by atoms with Crippen molar-refractivity contribution in [2.24, 2.45) is 5.92 Å². The fourth-order valence-corrected chi connectivity index (χ4v) is 4.24. The third kappa shape index (κ3) is 5.03. The van der Waals surface area contributed by atoms with E-state index in [-0.39, 0.29) is 12.3 Å². The number of rotatable bonds is 4. The Kier molecular flexibility index (Phi) is 5.77. The maximum Gasteiger partial charge on any atom is 0.225 e. The van der Waals surface area contributed by atoms with Crippen LogP contribution in [0.15, 0.2) is 30.3 Å². The number of hydrogen-bond donors (Lipinski definition) is 2. The number of piperidine rings is 2. The molecule has 2 N–H and O–H groups in total. The normalized spacial score (nSPS) is 31.1. The Hall–Kier alpha value is -1.43. The predicted octanol–water partition coefficient (Wildman–Crippen LogP) is 1.63. The molecule has 0 spiro atoms. The number of carbonyl (C=O) groups is 1. The van der Waals surface area contributed by atoms with Crippen LogP contribution in [0.3, 0.4) is 0 Å². The lowest BCUT2D eigenvalue weighted by Gasteiger charge is -2.41. The Morgan fingerprint density at radius 1 is 1.28 bits per heavy atom. The van der Waals surface area contributed by atoms with Crippen LogP contribution < -0.4 is 0 Å². The maximum absolute atomic E-state index is 12.7. The van der Waals surface area contributed by atoms with Crippen LogP contribution in [0.5, 0.6) is 0 Å². The van der Waals surface area contributed by atoms with E-state index in [1.54, 1.807) is 4.90 Å². The van der Waals surface area contributed by atoms with E-state index in [1.165, 1.54) is 5.56 Å². The molecule has 0 aliphatic carbocycles. The minimum Gasteiger partial charge on any atom is -0.391 e. The van der Waals surface area contributed by atoms with Gasteiger partial charge < -0.3 is 15.1 Å². The van der Waals surface area contributed by atoms with E-state index in [0.29, 0.717) is 32.0 Å². The van der Waals surface area contributed by atoms with Crippen molar-refractivity contribution in [1.29, 1.82) is 0 Å². The third-order valence-electron chi connectivity index (χ3n) is 5.35. The fraction of sp³-hybridized carbons (Fsp3) is 0.650. The summed E-state index contributed by atoms with van der Waals surface area (Å²) in [6.45, 7) is 5.41. The second kappa shape index (κ2) is 7.85. The lowest BCUT2D eigenvalue weighted by Crippen LogP contribution is -2.52. The Labute approximate surface area is 150 Å². The first-order valence-corrected chi connectivity index (χ1v) is 9.38. The highest BCUT2D eigenvalue weighted by Gasteiger charge is 2.37. The Balaban J connectivity index is 1.58. The van der Waals surface area contributed by atoms with Gasteiger partial charge in [0.15, 0.2) is 0 Å². The standard InChI is InChI=1S/C20H30N2O3/c1-16-10-18(23)14-22(12-16)19(24)11-20(25)8-5-9-21(15-20)13-17-6-3-2-4-7-17/h2-4,6-7,16,18,23,25H,5,8-15H2,1H3/t16-,18+,20?/m1/s1. The number of benzene rings is 1. The van der Waals surface area contributed by atoms with E-state index in [4.69, 9.17) is 0 Å². The molecule has 1 unspecified atom stereocenters. The van der Waals surface area contributed by atoms with Gasteiger partial charge in [0, 0.05) is 26.2 Å². The molecule has 0 radical (unpaired) electrons. The number of hydrogen-bond acceptors (Lipinski definition) is 4. The van der Waals surface area contributed by atoms with Crippen molar-refractivity contribution in [2.75, 3.05) is 26.2 Å². The summed E-state index contributed by atoms with van der Waals surface area (Å²) in [5.41, 5.74) is 0.265. The second-order valence-corrected chi connectivity index (χ2v) is 7.99. The molecule has 2 heterocycles. The molecule has 2 aliphatic rings. The minimum atomic E-state index is -0.963. The number of aliphatic hydroxyl groups excluding tert-OH is 1. The largest absolute Gasteiger partial charge is 0.391 e. The van der Waals surface area contributed by atoms with Crippen molar-refractivity contribution >= 4 is 5.91 Å². The highest BCUT2D eigenvalue weighted by molar-refractivity contribution is 5.77. The van der Waals surface area contributed by atoms with Gasteiger partial charge in [-0.2, -0.15) is 0 Å². The maximum atomic E-state index is 12.7. The van der Waals surface area contributed by atoms with Crippen molar-refractivity contribution in [3.05, 3.63) is 35.9 Å². The fourth-order valence-electron chi connectivity index (χ4n) is 4.24. The van der Waals surface area contributed by atoms with Crippen molar-refractivity contribution in [3.8, 4) is 0 Å². The molecule has 1 amide bonds. The van der Waals surface area contributed by atoms with Gasteiger partial charge in [0.25, 0.3) is 0 Å². The Morgan fingerprint density at radius 2 is 2.04 bits per heavy atom. The van der Waals surface area contributed by atoms with Crippen LogP contribution in [0.1, 0.15) is 38.2 Å². The zero-order valence-corrected chi connectivity index (χ0v) is 15.1. The quantitative estimate of drug-likeness (QED) is 0.870. The van der Waals surface area contributed by atoms with Crippen molar-refractivity contribution in [2.45, 2.75) is 50.9 Å². The SMILES string of the molecule is C[C@@H]1C[C@H](O)CN(C(=O)CC2(O)CCCN(Cc3ccccc3)C2)C1. The van der Waals surface area contributed by atoms with E-state index in [9.17, 15) is 15.0 Å². The summed E-state index contributed by atoms with van der Waals surface area (Å²) in [6.07, 6.45) is 2.02. The molecule has 5 heteroatoms. The number of amides is 1. The molecule has 0 saturated carbocycles.